The maximum absolute atomic E-state index is 11.8. The van der Waals surface area contributed by atoms with Crippen LogP contribution in [0, 0.1) is 23.2 Å². The Morgan fingerprint density at radius 3 is 1.83 bits per heavy atom. The molecule has 2 N–H and O–H groups in total. The number of aliphatic hydroxyl groups excluding tert-OH is 2. The summed E-state index contributed by atoms with van der Waals surface area (Å²) in [6, 6.07) is 19.1. The lowest BCUT2D eigenvalue weighted by atomic mass is 9.80. The van der Waals surface area contributed by atoms with Gasteiger partial charge in [0.25, 0.3) is 0 Å². The molecule has 3 aromatic rings. The summed E-state index contributed by atoms with van der Waals surface area (Å²) in [4.78, 5) is 26.2. The molecule has 0 radical (unpaired) electrons. The number of azide groups is 1. The predicted octanol–water partition coefficient (Wildman–Crippen LogP) is 6.02. The molecule has 2 atom stereocenters. The molecule has 0 aliphatic heterocycles. The third kappa shape index (κ3) is 11.7. The molecule has 0 fully saturated rings. The van der Waals surface area contributed by atoms with Gasteiger partial charge in [0.05, 0.1) is 24.9 Å². The van der Waals surface area contributed by atoms with E-state index in [9.17, 15) is 9.59 Å². The molecule has 0 aliphatic carbocycles. The Morgan fingerprint density at radius 2 is 1.43 bits per heavy atom. The fraction of sp³-hybridized carbons (Fsp3) is 0.438. The summed E-state index contributed by atoms with van der Waals surface area (Å²) in [5, 5.41) is 28.6. The van der Waals surface area contributed by atoms with Gasteiger partial charge in [-0.15, -0.1) is 11.5 Å². The Labute approximate surface area is 248 Å². The lowest BCUT2D eigenvalue weighted by Gasteiger charge is -2.27. The van der Waals surface area contributed by atoms with Gasteiger partial charge in [0.15, 0.2) is 0 Å². The molecular weight excluding hydrogens is 532 g/mol. The fourth-order valence-electron chi connectivity index (χ4n) is 3.79. The van der Waals surface area contributed by atoms with E-state index in [0.717, 1.165) is 11.1 Å². The van der Waals surface area contributed by atoms with E-state index in [1.165, 1.54) is 0 Å². The molecule has 0 saturated heterocycles. The van der Waals surface area contributed by atoms with E-state index in [2.05, 4.69) is 26.8 Å². The van der Waals surface area contributed by atoms with Crippen molar-refractivity contribution in [3.63, 3.8) is 0 Å². The number of ketones is 2. The van der Waals surface area contributed by atoms with E-state index in [-0.39, 0.29) is 36.9 Å². The first kappa shape index (κ1) is 35.7. The van der Waals surface area contributed by atoms with Gasteiger partial charge < -0.3 is 10.2 Å². The normalized spacial score (nSPS) is 12.2. The third-order valence-corrected chi connectivity index (χ3v) is 7.00. The van der Waals surface area contributed by atoms with Crippen LogP contribution in [0.15, 0.2) is 72.0 Å². The molecule has 42 heavy (non-hydrogen) atoms. The maximum Gasteiger partial charge on any atom is 0.135 e. The van der Waals surface area contributed by atoms with Crippen LogP contribution in [0.1, 0.15) is 83.3 Å². The molecule has 0 amide bonds. The smallest absolute Gasteiger partial charge is 0.135 e. The molecule has 2 aromatic carbocycles. The van der Waals surface area contributed by atoms with Crippen LogP contribution >= 0.6 is 0 Å². The topological polar surface area (TPSA) is 154 Å². The predicted molar refractivity (Wildman–Crippen MR) is 163 cm³/mol. The number of carbonyl (C=O) groups is 2. The third-order valence-electron chi connectivity index (χ3n) is 7.00. The quantitative estimate of drug-likeness (QED) is 0.123. The van der Waals surface area contributed by atoms with E-state index < -0.39 is 10.8 Å². The van der Waals surface area contributed by atoms with Gasteiger partial charge in [-0.1, -0.05) is 105 Å². The van der Waals surface area contributed by atoms with Gasteiger partial charge in [0.1, 0.15) is 23.9 Å². The standard InChI is InChI=1S/C16H21N3O2.C13H17N3O.C3H4O/c1-12(21)16(2,3)9-15(13-7-5-4-6-8-13)19-10-14(11-20)17-18-19;1-10(17)13(2,3)9-12(15-16-14)11-7-5-4-6-8-11;1-2-3-4/h4-8,10,15,20H,9,11H2,1-3H3;4-8,12H,9H2,1-3H3;1,4H,3H2. The second-order valence-corrected chi connectivity index (χ2v) is 11.1. The van der Waals surface area contributed by atoms with Crippen molar-refractivity contribution in [1.29, 1.82) is 0 Å². The minimum atomic E-state index is -0.477. The van der Waals surface area contributed by atoms with Gasteiger partial charge in [-0.25, -0.2) is 4.68 Å². The van der Waals surface area contributed by atoms with E-state index in [1.54, 1.807) is 24.7 Å². The molecule has 2 unspecified atom stereocenters. The Kier molecular flexibility index (Phi) is 14.9. The number of Topliss-reactive ketones (excluding diaryl/α,β-unsaturated/α-hetero) is 2. The zero-order valence-corrected chi connectivity index (χ0v) is 25.3. The monoisotopic (exact) mass is 574 g/mol. The first-order chi connectivity index (χ1) is 19.8. The van der Waals surface area contributed by atoms with Crippen molar-refractivity contribution in [3.8, 4) is 12.3 Å². The molecule has 3 rings (SSSR count). The minimum absolute atomic E-state index is 0.0853. The van der Waals surface area contributed by atoms with Gasteiger partial charge in [-0.05, 0) is 43.3 Å². The van der Waals surface area contributed by atoms with Crippen LogP contribution in [0.2, 0.25) is 0 Å². The van der Waals surface area contributed by atoms with Crippen LogP contribution in [0.3, 0.4) is 0 Å². The van der Waals surface area contributed by atoms with Crippen molar-refractivity contribution in [2.75, 3.05) is 6.61 Å². The van der Waals surface area contributed by atoms with Crippen LogP contribution in [-0.2, 0) is 16.2 Å². The van der Waals surface area contributed by atoms with Crippen molar-refractivity contribution in [2.45, 2.75) is 73.1 Å². The highest BCUT2D eigenvalue weighted by Gasteiger charge is 2.30. The minimum Gasteiger partial charge on any atom is -0.390 e. The summed E-state index contributed by atoms with van der Waals surface area (Å²) >= 11 is 0. The highest BCUT2D eigenvalue weighted by Crippen LogP contribution is 2.34. The van der Waals surface area contributed by atoms with Crippen molar-refractivity contribution < 1.29 is 19.8 Å². The van der Waals surface area contributed by atoms with E-state index in [4.69, 9.17) is 15.7 Å². The van der Waals surface area contributed by atoms with Gasteiger partial charge in [-0.3, -0.25) is 9.59 Å². The number of carbonyl (C=O) groups excluding carboxylic acids is 2. The molecule has 0 spiro atoms. The van der Waals surface area contributed by atoms with Crippen molar-refractivity contribution in [3.05, 3.63) is 94.1 Å². The van der Waals surface area contributed by atoms with Crippen LogP contribution < -0.4 is 0 Å². The van der Waals surface area contributed by atoms with E-state index >= 15 is 0 Å². The van der Waals surface area contributed by atoms with Crippen molar-refractivity contribution in [2.24, 2.45) is 15.9 Å². The van der Waals surface area contributed by atoms with Crippen LogP contribution in [0.5, 0.6) is 0 Å². The summed E-state index contributed by atoms with van der Waals surface area (Å²) < 4.78 is 1.73. The summed E-state index contributed by atoms with van der Waals surface area (Å²) in [6.07, 6.45) is 7.41. The second-order valence-electron chi connectivity index (χ2n) is 11.1. The molecule has 10 nitrogen and oxygen atoms in total. The number of hydrogen-bond acceptors (Lipinski definition) is 7. The largest absolute Gasteiger partial charge is 0.390 e. The average Bonchev–Trinajstić information content (AvgIpc) is 3.46. The van der Waals surface area contributed by atoms with Gasteiger partial charge in [-0.2, -0.15) is 0 Å². The Hall–Kier alpha value is -4.29. The number of hydrogen-bond donors (Lipinski definition) is 2. The Balaban J connectivity index is 0.000000379. The van der Waals surface area contributed by atoms with Crippen molar-refractivity contribution >= 4 is 11.6 Å². The summed E-state index contributed by atoms with van der Waals surface area (Å²) in [6.45, 7) is 10.5. The Bertz CT molecular complexity index is 1340. The zero-order chi connectivity index (χ0) is 31.8. The number of rotatable bonds is 11. The van der Waals surface area contributed by atoms with Gasteiger partial charge >= 0.3 is 0 Å². The van der Waals surface area contributed by atoms with Gasteiger partial charge in [0, 0.05) is 15.7 Å². The number of aromatic nitrogens is 3. The molecule has 10 heteroatoms. The lowest BCUT2D eigenvalue weighted by molar-refractivity contribution is -0.126. The summed E-state index contributed by atoms with van der Waals surface area (Å²) in [7, 11) is 0. The molecule has 0 bridgehead atoms. The Morgan fingerprint density at radius 1 is 0.952 bits per heavy atom. The maximum atomic E-state index is 11.8. The first-order valence-corrected chi connectivity index (χ1v) is 13.5. The summed E-state index contributed by atoms with van der Waals surface area (Å²) in [5.41, 5.74) is 10.2. The molecule has 1 heterocycles. The first-order valence-electron chi connectivity index (χ1n) is 13.5. The average molecular weight is 575 g/mol. The highest BCUT2D eigenvalue weighted by atomic mass is 16.3. The van der Waals surface area contributed by atoms with Gasteiger partial charge in [0.2, 0.25) is 0 Å². The molecular formula is C32H42N6O4. The number of terminal acetylenes is 1. The summed E-state index contributed by atoms with van der Waals surface area (Å²) in [5.74, 6) is 2.23. The number of nitrogens with zero attached hydrogens (tertiary/aromatic N) is 6. The van der Waals surface area contributed by atoms with Crippen LogP contribution in [0.25, 0.3) is 10.4 Å². The zero-order valence-electron chi connectivity index (χ0n) is 25.3. The molecule has 0 saturated carbocycles. The number of benzene rings is 2. The SMILES string of the molecule is C#CCO.CC(=O)C(C)(C)CC(N=[N+]=[N-])c1ccccc1.CC(=O)C(C)(C)CC(c1ccccc1)n1cc(CO)nn1. The second kappa shape index (κ2) is 17.5. The lowest BCUT2D eigenvalue weighted by Crippen LogP contribution is -2.27. The van der Waals surface area contributed by atoms with Crippen LogP contribution in [-0.4, -0.2) is 43.4 Å². The van der Waals surface area contributed by atoms with E-state index in [1.807, 2.05) is 94.3 Å². The molecule has 224 valence electrons. The van der Waals surface area contributed by atoms with Crippen molar-refractivity contribution in [1.82, 2.24) is 15.0 Å². The van der Waals surface area contributed by atoms with E-state index in [0.29, 0.717) is 18.5 Å². The molecule has 1 aromatic heterocycles. The number of aliphatic hydroxyl groups is 2. The highest BCUT2D eigenvalue weighted by molar-refractivity contribution is 5.81. The molecule has 0 aliphatic rings. The fourth-order valence-corrected chi connectivity index (χ4v) is 3.79. The van der Waals surface area contributed by atoms with Crippen LogP contribution in [0.4, 0.5) is 0 Å².